The first kappa shape index (κ1) is 16.2. The summed E-state index contributed by atoms with van der Waals surface area (Å²) in [4.78, 5) is 12.8. The summed E-state index contributed by atoms with van der Waals surface area (Å²) in [7, 11) is 0. The van der Waals surface area contributed by atoms with Gasteiger partial charge in [-0.1, -0.05) is 0 Å². The van der Waals surface area contributed by atoms with E-state index in [0.29, 0.717) is 0 Å². The van der Waals surface area contributed by atoms with Crippen LogP contribution in [0.1, 0.15) is 33.6 Å². The molecule has 1 aliphatic rings. The molecule has 0 aromatic heterocycles. The van der Waals surface area contributed by atoms with Gasteiger partial charge in [0.1, 0.15) is 5.54 Å². The second-order valence-corrected chi connectivity index (χ2v) is 5.73. The molecule has 0 heterocycles. The summed E-state index contributed by atoms with van der Waals surface area (Å²) >= 11 is 0. The standard InChI is InChI=1S/C12H22F3N3O/c1-8(2)18(7-12(13,14)15)6-11(3,10(16)19)17-9-4-5-9/h8-9,17H,4-7H2,1-3H3,(H2,16,19). The van der Waals surface area contributed by atoms with E-state index in [2.05, 4.69) is 5.32 Å². The molecule has 0 bridgehead atoms. The average Bonchev–Trinajstić information content (AvgIpc) is 2.97. The van der Waals surface area contributed by atoms with Crippen molar-refractivity contribution < 1.29 is 18.0 Å². The number of carbonyl (C=O) groups excluding carboxylic acids is 1. The highest BCUT2D eigenvalue weighted by atomic mass is 19.4. The molecule has 1 atom stereocenters. The van der Waals surface area contributed by atoms with Crippen LogP contribution >= 0.6 is 0 Å². The third-order valence-electron chi connectivity index (χ3n) is 3.28. The van der Waals surface area contributed by atoms with Gasteiger partial charge in [0.25, 0.3) is 0 Å². The second-order valence-electron chi connectivity index (χ2n) is 5.73. The van der Waals surface area contributed by atoms with Gasteiger partial charge in [-0.15, -0.1) is 0 Å². The molecule has 0 radical (unpaired) electrons. The number of carbonyl (C=O) groups is 1. The third-order valence-corrected chi connectivity index (χ3v) is 3.28. The zero-order valence-electron chi connectivity index (χ0n) is 11.5. The predicted octanol–water partition coefficient (Wildman–Crippen LogP) is 1.26. The summed E-state index contributed by atoms with van der Waals surface area (Å²) < 4.78 is 37.6. The first-order chi connectivity index (χ1) is 8.53. The summed E-state index contributed by atoms with van der Waals surface area (Å²) in [5.74, 6) is -0.618. The number of hydrogen-bond donors (Lipinski definition) is 2. The first-order valence-corrected chi connectivity index (χ1v) is 6.42. The molecular weight excluding hydrogens is 259 g/mol. The second kappa shape index (κ2) is 5.66. The van der Waals surface area contributed by atoms with E-state index in [9.17, 15) is 18.0 Å². The minimum atomic E-state index is -4.29. The van der Waals surface area contributed by atoms with Crippen molar-refractivity contribution in [1.82, 2.24) is 10.2 Å². The quantitative estimate of drug-likeness (QED) is 0.738. The maximum atomic E-state index is 12.5. The predicted molar refractivity (Wildman–Crippen MR) is 66.5 cm³/mol. The summed E-state index contributed by atoms with van der Waals surface area (Å²) in [6.07, 6.45) is -2.42. The van der Waals surface area contributed by atoms with Crippen molar-refractivity contribution in [2.24, 2.45) is 5.73 Å². The van der Waals surface area contributed by atoms with Gasteiger partial charge in [0, 0.05) is 18.6 Å². The Bertz CT molecular complexity index is 329. The molecule has 1 unspecified atom stereocenters. The molecule has 19 heavy (non-hydrogen) atoms. The van der Waals surface area contributed by atoms with E-state index in [1.165, 1.54) is 4.90 Å². The summed E-state index contributed by atoms with van der Waals surface area (Å²) in [5, 5.41) is 3.05. The lowest BCUT2D eigenvalue weighted by Gasteiger charge is -2.36. The molecule has 0 spiro atoms. The van der Waals surface area contributed by atoms with Gasteiger partial charge in [-0.05, 0) is 33.6 Å². The Balaban J connectivity index is 2.75. The van der Waals surface area contributed by atoms with Gasteiger partial charge in [-0.25, -0.2) is 0 Å². The number of hydrogen-bond acceptors (Lipinski definition) is 3. The highest BCUT2D eigenvalue weighted by molar-refractivity contribution is 5.84. The van der Waals surface area contributed by atoms with Crippen molar-refractivity contribution in [2.75, 3.05) is 13.1 Å². The van der Waals surface area contributed by atoms with Crippen LogP contribution in [-0.2, 0) is 4.79 Å². The number of alkyl halides is 3. The molecule has 0 aliphatic heterocycles. The maximum Gasteiger partial charge on any atom is 0.401 e. The van der Waals surface area contributed by atoms with Crippen LogP contribution in [-0.4, -0.2) is 47.7 Å². The molecule has 1 amide bonds. The third kappa shape index (κ3) is 5.36. The molecule has 4 nitrogen and oxygen atoms in total. The lowest BCUT2D eigenvalue weighted by molar-refractivity contribution is -0.153. The molecular formula is C12H22F3N3O. The molecule has 7 heteroatoms. The van der Waals surface area contributed by atoms with E-state index in [1.54, 1.807) is 20.8 Å². The van der Waals surface area contributed by atoms with Crippen LogP contribution in [0.2, 0.25) is 0 Å². The zero-order valence-corrected chi connectivity index (χ0v) is 11.5. The van der Waals surface area contributed by atoms with Gasteiger partial charge in [-0.2, -0.15) is 13.2 Å². The fourth-order valence-corrected chi connectivity index (χ4v) is 1.93. The van der Waals surface area contributed by atoms with Crippen molar-refractivity contribution in [3.05, 3.63) is 0 Å². The molecule has 0 aromatic rings. The number of primary amides is 1. The fraction of sp³-hybridized carbons (Fsp3) is 0.917. The van der Waals surface area contributed by atoms with Crippen LogP contribution in [0.5, 0.6) is 0 Å². The van der Waals surface area contributed by atoms with Gasteiger partial charge in [0.05, 0.1) is 6.54 Å². The summed E-state index contributed by atoms with van der Waals surface area (Å²) in [5.41, 5.74) is 4.22. The average molecular weight is 281 g/mol. The lowest BCUT2D eigenvalue weighted by Crippen LogP contribution is -2.61. The van der Waals surface area contributed by atoms with Crippen molar-refractivity contribution in [2.45, 2.75) is 57.4 Å². The minimum Gasteiger partial charge on any atom is -0.368 e. The van der Waals surface area contributed by atoms with E-state index in [4.69, 9.17) is 5.73 Å². The molecule has 1 aliphatic carbocycles. The van der Waals surface area contributed by atoms with Crippen molar-refractivity contribution in [3.63, 3.8) is 0 Å². The number of nitrogens with one attached hydrogen (secondary N) is 1. The highest BCUT2D eigenvalue weighted by Gasteiger charge is 2.41. The first-order valence-electron chi connectivity index (χ1n) is 6.42. The molecule has 0 saturated heterocycles. The Labute approximate surface area is 111 Å². The number of nitrogens with zero attached hydrogens (tertiary/aromatic N) is 1. The van der Waals surface area contributed by atoms with Gasteiger partial charge >= 0.3 is 6.18 Å². The van der Waals surface area contributed by atoms with Crippen LogP contribution in [0.3, 0.4) is 0 Å². The number of halogens is 3. The van der Waals surface area contributed by atoms with Crippen LogP contribution in [0, 0.1) is 0 Å². The molecule has 0 aromatic carbocycles. The topological polar surface area (TPSA) is 58.4 Å². The molecule has 112 valence electrons. The summed E-state index contributed by atoms with van der Waals surface area (Å²) in [6, 6.07) is -0.126. The minimum absolute atomic E-state index is 0.0456. The van der Waals surface area contributed by atoms with Crippen LogP contribution in [0.25, 0.3) is 0 Å². The van der Waals surface area contributed by atoms with Crippen LogP contribution < -0.4 is 11.1 Å². The Morgan fingerprint density at radius 2 is 1.89 bits per heavy atom. The van der Waals surface area contributed by atoms with Crippen LogP contribution in [0.4, 0.5) is 13.2 Å². The van der Waals surface area contributed by atoms with Crippen molar-refractivity contribution >= 4 is 5.91 Å². The lowest BCUT2D eigenvalue weighted by atomic mass is 9.99. The maximum absolute atomic E-state index is 12.5. The van der Waals surface area contributed by atoms with E-state index in [-0.39, 0.29) is 18.6 Å². The molecule has 1 fully saturated rings. The smallest absolute Gasteiger partial charge is 0.368 e. The Morgan fingerprint density at radius 1 is 1.37 bits per heavy atom. The van der Waals surface area contributed by atoms with E-state index in [0.717, 1.165) is 12.8 Å². The van der Waals surface area contributed by atoms with Crippen molar-refractivity contribution in [3.8, 4) is 0 Å². The molecule has 3 N–H and O–H groups in total. The molecule has 1 rings (SSSR count). The summed E-state index contributed by atoms with van der Waals surface area (Å²) in [6.45, 7) is 3.82. The Morgan fingerprint density at radius 3 is 2.21 bits per heavy atom. The normalized spacial score (nSPS) is 19.8. The Hall–Kier alpha value is -0.820. The zero-order chi connectivity index (χ0) is 14.8. The SMILES string of the molecule is CC(C)N(CC(F)(F)F)CC(C)(NC1CC1)C(N)=O. The number of nitrogens with two attached hydrogens (primary N) is 1. The van der Waals surface area contributed by atoms with Gasteiger partial charge in [0.15, 0.2) is 0 Å². The number of rotatable bonds is 7. The van der Waals surface area contributed by atoms with Gasteiger partial charge < -0.3 is 5.73 Å². The largest absolute Gasteiger partial charge is 0.401 e. The van der Waals surface area contributed by atoms with Crippen LogP contribution in [0.15, 0.2) is 0 Å². The highest BCUT2D eigenvalue weighted by Crippen LogP contribution is 2.25. The van der Waals surface area contributed by atoms with Crippen molar-refractivity contribution in [1.29, 1.82) is 0 Å². The van der Waals surface area contributed by atoms with E-state index in [1.807, 2.05) is 0 Å². The van der Waals surface area contributed by atoms with Gasteiger partial charge in [-0.3, -0.25) is 15.0 Å². The van der Waals surface area contributed by atoms with E-state index < -0.39 is 24.2 Å². The van der Waals surface area contributed by atoms with Gasteiger partial charge in [0.2, 0.25) is 5.91 Å². The molecule has 1 saturated carbocycles. The number of amides is 1. The van der Waals surface area contributed by atoms with E-state index >= 15 is 0 Å². The fourth-order valence-electron chi connectivity index (χ4n) is 1.93. The Kier molecular flexibility index (Phi) is 4.84. The monoisotopic (exact) mass is 281 g/mol.